The van der Waals surface area contributed by atoms with Crippen LogP contribution in [-0.2, 0) is 9.59 Å². The van der Waals surface area contributed by atoms with Gasteiger partial charge in [-0.2, -0.15) is 0 Å². The third-order valence-corrected chi connectivity index (χ3v) is 3.13. The van der Waals surface area contributed by atoms with E-state index in [1.54, 1.807) is 6.92 Å². The summed E-state index contributed by atoms with van der Waals surface area (Å²) in [6.45, 7) is 1.57. The summed E-state index contributed by atoms with van der Waals surface area (Å²) >= 11 is 2.97. The lowest BCUT2D eigenvalue weighted by atomic mass is 10.2. The van der Waals surface area contributed by atoms with Crippen LogP contribution in [0.3, 0.4) is 0 Å². The molecule has 0 fully saturated rings. The first-order chi connectivity index (χ1) is 9.70. The molecule has 0 radical (unpaired) electrons. The number of urea groups is 1. The largest absolute Gasteiger partial charge is 0.480 e. The third kappa shape index (κ3) is 5.03. The van der Waals surface area contributed by atoms with Crippen LogP contribution in [0.25, 0.3) is 0 Å². The third-order valence-electron chi connectivity index (χ3n) is 2.52. The van der Waals surface area contributed by atoms with Crippen LogP contribution in [0.1, 0.15) is 12.0 Å². The van der Waals surface area contributed by atoms with Crippen LogP contribution in [0.4, 0.5) is 14.9 Å². The van der Waals surface area contributed by atoms with E-state index in [4.69, 9.17) is 10.8 Å². The number of halogens is 2. The van der Waals surface area contributed by atoms with Gasteiger partial charge in [-0.3, -0.25) is 4.79 Å². The zero-order valence-corrected chi connectivity index (χ0v) is 12.5. The van der Waals surface area contributed by atoms with Crippen molar-refractivity contribution in [3.05, 3.63) is 28.0 Å². The minimum Gasteiger partial charge on any atom is -0.480 e. The normalized spacial score (nSPS) is 11.6. The van der Waals surface area contributed by atoms with E-state index < -0.39 is 36.2 Å². The Morgan fingerprint density at radius 2 is 2.05 bits per heavy atom. The van der Waals surface area contributed by atoms with Gasteiger partial charge in [-0.05, 0) is 40.5 Å². The van der Waals surface area contributed by atoms with Crippen molar-refractivity contribution in [2.75, 3.05) is 5.32 Å². The maximum absolute atomic E-state index is 13.3. The Morgan fingerprint density at radius 3 is 2.57 bits per heavy atom. The van der Waals surface area contributed by atoms with E-state index in [2.05, 4.69) is 26.6 Å². The summed E-state index contributed by atoms with van der Waals surface area (Å²) < 4.78 is 13.4. The molecule has 0 unspecified atom stereocenters. The molecule has 21 heavy (non-hydrogen) atoms. The molecule has 7 nitrogen and oxygen atoms in total. The number of carboxylic acid groups (broad SMARTS) is 1. The first-order valence-electron chi connectivity index (χ1n) is 5.75. The zero-order chi connectivity index (χ0) is 16.2. The number of anilines is 1. The van der Waals surface area contributed by atoms with Gasteiger partial charge in [-0.25, -0.2) is 14.0 Å². The molecule has 1 atom stereocenters. The summed E-state index contributed by atoms with van der Waals surface area (Å²) in [5.41, 5.74) is 5.65. The van der Waals surface area contributed by atoms with Gasteiger partial charge in [-0.1, -0.05) is 0 Å². The van der Waals surface area contributed by atoms with Gasteiger partial charge in [0.15, 0.2) is 0 Å². The monoisotopic (exact) mass is 361 g/mol. The van der Waals surface area contributed by atoms with E-state index in [1.807, 2.05) is 0 Å². The zero-order valence-electron chi connectivity index (χ0n) is 10.9. The number of hydrogen-bond acceptors (Lipinski definition) is 3. The highest BCUT2D eigenvalue weighted by molar-refractivity contribution is 9.10. The molecular formula is C12H13BrFN3O4. The summed E-state index contributed by atoms with van der Waals surface area (Å²) in [4.78, 5) is 33.3. The molecule has 1 aromatic rings. The van der Waals surface area contributed by atoms with Crippen molar-refractivity contribution in [2.24, 2.45) is 5.73 Å². The van der Waals surface area contributed by atoms with Crippen LogP contribution in [0.5, 0.6) is 0 Å². The number of aliphatic carboxylic acids is 1. The van der Waals surface area contributed by atoms with E-state index in [1.165, 1.54) is 12.1 Å². The molecule has 0 bridgehead atoms. The second-order valence-electron chi connectivity index (χ2n) is 4.24. The number of aryl methyl sites for hydroxylation is 1. The van der Waals surface area contributed by atoms with E-state index in [0.29, 0.717) is 11.3 Å². The van der Waals surface area contributed by atoms with Crippen LogP contribution >= 0.6 is 15.9 Å². The van der Waals surface area contributed by atoms with E-state index in [-0.39, 0.29) is 4.47 Å². The number of amides is 3. The van der Waals surface area contributed by atoms with Crippen molar-refractivity contribution in [3.8, 4) is 0 Å². The molecule has 5 N–H and O–H groups in total. The number of rotatable bonds is 5. The smallest absolute Gasteiger partial charge is 0.326 e. The van der Waals surface area contributed by atoms with Gasteiger partial charge in [0.2, 0.25) is 5.91 Å². The lowest BCUT2D eigenvalue weighted by Gasteiger charge is -2.15. The van der Waals surface area contributed by atoms with Crippen molar-refractivity contribution in [2.45, 2.75) is 19.4 Å². The van der Waals surface area contributed by atoms with Crippen LogP contribution in [0.15, 0.2) is 16.6 Å². The molecule has 0 saturated carbocycles. The summed E-state index contributed by atoms with van der Waals surface area (Å²) in [5.74, 6) is -2.74. The number of carbonyl (C=O) groups excluding carboxylic acids is 2. The van der Waals surface area contributed by atoms with Gasteiger partial charge >= 0.3 is 12.0 Å². The maximum Gasteiger partial charge on any atom is 0.326 e. The quantitative estimate of drug-likeness (QED) is 0.632. The molecule has 0 aliphatic rings. The molecule has 3 amide bonds. The van der Waals surface area contributed by atoms with Gasteiger partial charge in [0, 0.05) is 5.69 Å². The Bertz CT molecular complexity index is 594. The average molecular weight is 362 g/mol. The van der Waals surface area contributed by atoms with E-state index in [0.717, 1.165) is 0 Å². The Balaban J connectivity index is 2.79. The molecule has 0 aliphatic carbocycles. The van der Waals surface area contributed by atoms with Gasteiger partial charge in [0.1, 0.15) is 11.9 Å². The predicted octanol–water partition coefficient (Wildman–Crippen LogP) is 1.35. The SMILES string of the molecule is Cc1cc(F)c(Br)cc1NC(=O)N[C@@H](CC(N)=O)C(=O)O. The number of benzene rings is 1. The maximum atomic E-state index is 13.3. The summed E-state index contributed by atoms with van der Waals surface area (Å²) in [6.07, 6.45) is -0.533. The fourth-order valence-corrected chi connectivity index (χ4v) is 1.84. The van der Waals surface area contributed by atoms with Gasteiger partial charge in [0.05, 0.1) is 10.9 Å². The fourth-order valence-electron chi connectivity index (χ4n) is 1.50. The minimum absolute atomic E-state index is 0.148. The van der Waals surface area contributed by atoms with Crippen molar-refractivity contribution < 1.29 is 23.9 Å². The number of carbonyl (C=O) groups is 3. The molecular weight excluding hydrogens is 349 g/mol. The number of primary amides is 1. The highest BCUT2D eigenvalue weighted by Crippen LogP contribution is 2.24. The molecule has 1 rings (SSSR count). The lowest BCUT2D eigenvalue weighted by Crippen LogP contribution is -2.45. The number of carboxylic acids is 1. The van der Waals surface area contributed by atoms with Crippen LogP contribution < -0.4 is 16.4 Å². The number of nitrogens with two attached hydrogens (primary N) is 1. The van der Waals surface area contributed by atoms with Gasteiger partial charge in [0.25, 0.3) is 0 Å². The van der Waals surface area contributed by atoms with Crippen LogP contribution in [0, 0.1) is 12.7 Å². The topological polar surface area (TPSA) is 122 Å². The Kier molecular flexibility index (Phi) is 5.65. The second kappa shape index (κ2) is 7.02. The average Bonchev–Trinajstić information content (AvgIpc) is 2.34. The van der Waals surface area contributed by atoms with E-state index in [9.17, 15) is 18.8 Å². The predicted molar refractivity (Wildman–Crippen MR) is 76.2 cm³/mol. The van der Waals surface area contributed by atoms with Gasteiger partial charge < -0.3 is 21.5 Å². The highest BCUT2D eigenvalue weighted by Gasteiger charge is 2.22. The minimum atomic E-state index is -1.44. The molecule has 9 heteroatoms. The first kappa shape index (κ1) is 16.9. The van der Waals surface area contributed by atoms with Crippen LogP contribution in [-0.4, -0.2) is 29.1 Å². The summed E-state index contributed by atoms with van der Waals surface area (Å²) in [5, 5.41) is 13.3. The molecule has 0 aromatic heterocycles. The molecule has 0 spiro atoms. The standard InChI is InChI=1S/C12H13BrFN3O4/c1-5-2-7(14)6(13)3-8(5)16-12(21)17-9(11(19)20)4-10(15)18/h2-3,9H,4H2,1H3,(H2,15,18)(H,19,20)(H2,16,17,21)/t9-/m0/s1. The first-order valence-corrected chi connectivity index (χ1v) is 6.54. The Hall–Kier alpha value is -2.16. The van der Waals surface area contributed by atoms with Crippen LogP contribution in [0.2, 0.25) is 0 Å². The summed E-state index contributed by atoms with van der Waals surface area (Å²) in [7, 11) is 0. The molecule has 114 valence electrons. The highest BCUT2D eigenvalue weighted by atomic mass is 79.9. The number of hydrogen-bond donors (Lipinski definition) is 4. The number of nitrogens with one attached hydrogen (secondary N) is 2. The lowest BCUT2D eigenvalue weighted by molar-refractivity contribution is -0.140. The second-order valence-corrected chi connectivity index (χ2v) is 5.10. The molecule has 1 aromatic carbocycles. The Labute approximate surface area is 127 Å². The van der Waals surface area contributed by atoms with Crippen molar-refractivity contribution in [1.82, 2.24) is 5.32 Å². The van der Waals surface area contributed by atoms with Crippen molar-refractivity contribution in [1.29, 1.82) is 0 Å². The summed E-state index contributed by atoms with van der Waals surface area (Å²) in [6, 6.07) is 0.267. The molecule has 0 aliphatic heterocycles. The van der Waals surface area contributed by atoms with E-state index >= 15 is 0 Å². The van der Waals surface area contributed by atoms with Crippen molar-refractivity contribution in [3.63, 3.8) is 0 Å². The molecule has 0 saturated heterocycles. The Morgan fingerprint density at radius 1 is 1.43 bits per heavy atom. The van der Waals surface area contributed by atoms with Gasteiger partial charge in [-0.15, -0.1) is 0 Å². The fraction of sp³-hybridized carbons (Fsp3) is 0.250. The molecule has 0 heterocycles. The van der Waals surface area contributed by atoms with Crippen molar-refractivity contribution >= 4 is 39.5 Å².